The standard InChI is InChI=1S/C28H34ClF2N4O8P/c1-4-41-44(39,42-5-2)43-17-23(36)13-22(35(3)27(37)33-15-19-7-6-8-24(31)26(19)29)16-40-28(38)34-25-12-20-11-21(30)10-9-18(20)14-32-25/h6-12,14,22-23,36H,4-5,13,15-17H2,1-3H3,(H,33,37)(H,32,34,38)/t22-,23-/m1/s1. The predicted molar refractivity (Wildman–Crippen MR) is 159 cm³/mol. The molecule has 3 amide bonds. The number of benzene rings is 2. The fourth-order valence-corrected chi connectivity index (χ4v) is 5.37. The molecule has 2 atom stereocenters. The smallest absolute Gasteiger partial charge is 0.447 e. The fourth-order valence-electron chi connectivity index (χ4n) is 3.96. The minimum Gasteiger partial charge on any atom is -0.447 e. The van der Waals surface area contributed by atoms with Crippen LogP contribution in [-0.2, 0) is 29.4 Å². The van der Waals surface area contributed by atoms with E-state index in [0.717, 1.165) is 0 Å². The molecule has 240 valence electrons. The van der Waals surface area contributed by atoms with Crippen LogP contribution in [0.2, 0.25) is 5.02 Å². The van der Waals surface area contributed by atoms with Crippen molar-refractivity contribution in [3.63, 3.8) is 0 Å². The van der Waals surface area contributed by atoms with Crippen LogP contribution < -0.4 is 10.6 Å². The first-order valence-electron chi connectivity index (χ1n) is 13.6. The van der Waals surface area contributed by atoms with Gasteiger partial charge in [-0.2, -0.15) is 0 Å². The van der Waals surface area contributed by atoms with Crippen molar-refractivity contribution < 1.29 is 46.3 Å². The van der Waals surface area contributed by atoms with Gasteiger partial charge in [0.1, 0.15) is 24.1 Å². The third-order valence-corrected chi connectivity index (χ3v) is 8.23. The van der Waals surface area contributed by atoms with Gasteiger partial charge in [0.2, 0.25) is 0 Å². The second kappa shape index (κ2) is 16.6. The van der Waals surface area contributed by atoms with Crippen molar-refractivity contribution >= 4 is 48.1 Å². The van der Waals surface area contributed by atoms with Gasteiger partial charge in [-0.1, -0.05) is 23.7 Å². The van der Waals surface area contributed by atoms with Crippen molar-refractivity contribution in [2.75, 3.05) is 38.8 Å². The van der Waals surface area contributed by atoms with Gasteiger partial charge < -0.3 is 20.1 Å². The number of halogens is 3. The van der Waals surface area contributed by atoms with Gasteiger partial charge in [-0.05, 0) is 61.5 Å². The highest BCUT2D eigenvalue weighted by atomic mass is 35.5. The molecule has 0 aliphatic carbocycles. The van der Waals surface area contributed by atoms with Crippen LogP contribution in [0.4, 0.5) is 24.2 Å². The summed E-state index contributed by atoms with van der Waals surface area (Å²) in [5.41, 5.74) is 0.333. The highest BCUT2D eigenvalue weighted by Crippen LogP contribution is 2.49. The molecular weight excluding hydrogens is 625 g/mol. The van der Waals surface area contributed by atoms with Gasteiger partial charge in [0, 0.05) is 25.2 Å². The molecule has 12 nitrogen and oxygen atoms in total. The summed E-state index contributed by atoms with van der Waals surface area (Å²) in [4.78, 5) is 30.9. The van der Waals surface area contributed by atoms with E-state index < -0.39 is 56.9 Å². The summed E-state index contributed by atoms with van der Waals surface area (Å²) in [6.45, 7) is 2.28. The quantitative estimate of drug-likeness (QED) is 0.170. The van der Waals surface area contributed by atoms with Gasteiger partial charge in [-0.25, -0.2) is 27.9 Å². The number of nitrogens with one attached hydrogen (secondary N) is 2. The van der Waals surface area contributed by atoms with Crippen molar-refractivity contribution in [3.8, 4) is 0 Å². The molecule has 3 N–H and O–H groups in total. The van der Waals surface area contributed by atoms with Crippen LogP contribution in [0.5, 0.6) is 0 Å². The van der Waals surface area contributed by atoms with E-state index in [2.05, 4.69) is 15.6 Å². The third-order valence-electron chi connectivity index (χ3n) is 6.19. The molecule has 3 rings (SSSR count). The highest BCUT2D eigenvalue weighted by Gasteiger charge is 2.29. The third kappa shape index (κ3) is 10.4. The van der Waals surface area contributed by atoms with Crippen molar-refractivity contribution in [1.29, 1.82) is 0 Å². The van der Waals surface area contributed by atoms with Crippen LogP contribution in [-0.4, -0.2) is 72.7 Å². The number of anilines is 1. The SMILES string of the molecule is CCOP(=O)(OCC)OC[C@H](O)C[C@H](COC(=O)Nc1cc2cc(F)ccc2cn1)N(C)C(=O)NCc1cccc(F)c1Cl. The number of likely N-dealkylation sites (N-methyl/N-ethyl adjacent to an activating group) is 1. The summed E-state index contributed by atoms with van der Waals surface area (Å²) in [7, 11) is -2.53. The number of ether oxygens (including phenoxy) is 1. The van der Waals surface area contributed by atoms with Crippen LogP contribution in [0.3, 0.4) is 0 Å². The Morgan fingerprint density at radius 1 is 1.07 bits per heavy atom. The fraction of sp³-hybridized carbons (Fsp3) is 0.393. The van der Waals surface area contributed by atoms with Gasteiger partial charge in [-0.3, -0.25) is 18.9 Å². The Morgan fingerprint density at radius 2 is 1.80 bits per heavy atom. The topological polar surface area (TPSA) is 149 Å². The number of carbonyl (C=O) groups excluding carboxylic acids is 2. The Kier molecular flexibility index (Phi) is 13.3. The molecule has 0 spiro atoms. The van der Waals surface area contributed by atoms with E-state index in [1.165, 1.54) is 48.5 Å². The summed E-state index contributed by atoms with van der Waals surface area (Å²) in [5, 5.41) is 16.7. The Hall–Kier alpha value is -3.39. The lowest BCUT2D eigenvalue weighted by Crippen LogP contribution is -2.47. The van der Waals surface area contributed by atoms with Gasteiger partial charge in [0.05, 0.1) is 37.0 Å². The van der Waals surface area contributed by atoms with E-state index in [9.17, 15) is 28.0 Å². The molecule has 0 saturated heterocycles. The molecule has 1 heterocycles. The normalized spacial score (nSPS) is 12.9. The summed E-state index contributed by atoms with van der Waals surface area (Å²) in [6.07, 6.45) is -0.966. The summed E-state index contributed by atoms with van der Waals surface area (Å²) < 4.78 is 60.7. The van der Waals surface area contributed by atoms with E-state index in [4.69, 9.17) is 29.9 Å². The lowest BCUT2D eigenvalue weighted by molar-refractivity contribution is 0.0353. The van der Waals surface area contributed by atoms with E-state index in [1.54, 1.807) is 26.0 Å². The largest absolute Gasteiger partial charge is 0.474 e. The minimum atomic E-state index is -3.93. The van der Waals surface area contributed by atoms with E-state index in [0.29, 0.717) is 16.3 Å². The van der Waals surface area contributed by atoms with Crippen molar-refractivity contribution in [1.82, 2.24) is 15.2 Å². The van der Waals surface area contributed by atoms with E-state index in [1.807, 2.05) is 0 Å². The van der Waals surface area contributed by atoms with Crippen molar-refractivity contribution in [3.05, 3.63) is 70.9 Å². The maximum absolute atomic E-state index is 13.8. The molecule has 3 aromatic rings. The number of aliphatic hydroxyl groups excluding tert-OH is 1. The second-order valence-corrected chi connectivity index (χ2v) is 11.4. The van der Waals surface area contributed by atoms with Gasteiger partial charge in [-0.15, -0.1) is 0 Å². The van der Waals surface area contributed by atoms with Crippen molar-refractivity contribution in [2.45, 2.75) is 39.0 Å². The number of phosphoric acid groups is 1. The van der Waals surface area contributed by atoms with Crippen LogP contribution in [0.25, 0.3) is 10.8 Å². The molecule has 2 aromatic carbocycles. The number of aliphatic hydroxyl groups is 1. The van der Waals surface area contributed by atoms with Crippen LogP contribution in [0.15, 0.2) is 48.7 Å². The number of fused-ring (bicyclic) bond motifs is 1. The average Bonchev–Trinajstić information content (AvgIpc) is 2.98. The van der Waals surface area contributed by atoms with E-state index >= 15 is 0 Å². The van der Waals surface area contributed by atoms with Gasteiger partial charge >= 0.3 is 19.9 Å². The molecule has 1 aromatic heterocycles. The first-order valence-corrected chi connectivity index (χ1v) is 15.4. The van der Waals surface area contributed by atoms with Crippen LogP contribution >= 0.6 is 19.4 Å². The maximum Gasteiger partial charge on any atom is 0.474 e. The summed E-state index contributed by atoms with van der Waals surface area (Å²) >= 11 is 5.98. The molecule has 0 aliphatic rings. The number of urea groups is 1. The Morgan fingerprint density at radius 3 is 2.50 bits per heavy atom. The minimum absolute atomic E-state index is 0.0399. The molecule has 0 bridgehead atoms. The Labute approximate surface area is 258 Å². The molecule has 0 radical (unpaired) electrons. The average molecular weight is 659 g/mol. The summed E-state index contributed by atoms with van der Waals surface area (Å²) in [5.74, 6) is -1.00. The zero-order valence-corrected chi connectivity index (χ0v) is 25.9. The molecule has 0 aliphatic heterocycles. The number of carbonyl (C=O) groups is 2. The van der Waals surface area contributed by atoms with Crippen LogP contribution in [0, 0.1) is 11.6 Å². The number of pyridine rings is 1. The number of phosphoric ester groups is 1. The molecule has 0 fully saturated rings. The van der Waals surface area contributed by atoms with Crippen LogP contribution in [0.1, 0.15) is 25.8 Å². The molecule has 0 unspecified atom stereocenters. The van der Waals surface area contributed by atoms with Gasteiger partial charge in [0.25, 0.3) is 0 Å². The van der Waals surface area contributed by atoms with Gasteiger partial charge in [0.15, 0.2) is 0 Å². The highest BCUT2D eigenvalue weighted by molar-refractivity contribution is 7.48. The summed E-state index contributed by atoms with van der Waals surface area (Å²) in [6, 6.07) is 8.17. The maximum atomic E-state index is 13.8. The molecule has 44 heavy (non-hydrogen) atoms. The number of rotatable bonds is 15. The number of hydrogen-bond donors (Lipinski definition) is 3. The predicted octanol–water partition coefficient (Wildman–Crippen LogP) is 5.87. The monoisotopic (exact) mass is 658 g/mol. The van der Waals surface area contributed by atoms with Crippen molar-refractivity contribution in [2.24, 2.45) is 0 Å². The molecular formula is C28H34ClF2N4O8P. The second-order valence-electron chi connectivity index (χ2n) is 9.39. The zero-order chi connectivity index (χ0) is 32.3. The first kappa shape index (κ1) is 35.1. The number of nitrogens with zero attached hydrogens (tertiary/aromatic N) is 2. The lowest BCUT2D eigenvalue weighted by atomic mass is 10.1. The number of amides is 3. The molecule has 16 heteroatoms. The first-order chi connectivity index (χ1) is 20.9. The number of hydrogen-bond acceptors (Lipinski definition) is 9. The van der Waals surface area contributed by atoms with E-state index in [-0.39, 0.29) is 37.0 Å². The Bertz CT molecular complexity index is 1480. The lowest BCUT2D eigenvalue weighted by Gasteiger charge is -2.30. The molecule has 0 saturated carbocycles. The zero-order valence-electron chi connectivity index (χ0n) is 24.3. The number of aromatic nitrogens is 1. The Balaban J connectivity index is 1.68.